The molecule has 0 saturated heterocycles. The molecule has 3 rings (SSSR count). The van der Waals surface area contributed by atoms with Crippen LogP contribution in [0.5, 0.6) is 0 Å². The highest BCUT2D eigenvalue weighted by atomic mass is 14.4. The van der Waals surface area contributed by atoms with Gasteiger partial charge in [-0.05, 0) is 99.0 Å². The first-order valence-electron chi connectivity index (χ1n) is 11.9. The molecular weight excluding hydrogens is 324 g/mol. The highest BCUT2D eigenvalue weighted by molar-refractivity contribution is 5.26. The van der Waals surface area contributed by atoms with Crippen LogP contribution < -0.4 is 0 Å². The van der Waals surface area contributed by atoms with Crippen molar-refractivity contribution in [3.05, 3.63) is 47.5 Å². The third-order valence-corrected chi connectivity index (χ3v) is 7.73. The normalized spacial score (nSPS) is 28.8. The summed E-state index contributed by atoms with van der Waals surface area (Å²) in [5, 5.41) is 0. The minimum atomic E-state index is 0.827. The highest BCUT2D eigenvalue weighted by Gasteiger charge is 2.31. The van der Waals surface area contributed by atoms with E-state index < -0.39 is 0 Å². The van der Waals surface area contributed by atoms with Gasteiger partial charge in [-0.25, -0.2) is 0 Å². The van der Waals surface area contributed by atoms with E-state index in [9.17, 15) is 0 Å². The van der Waals surface area contributed by atoms with Crippen molar-refractivity contribution in [1.29, 1.82) is 0 Å². The van der Waals surface area contributed by atoms with Crippen molar-refractivity contribution >= 4 is 0 Å². The first kappa shape index (κ1) is 20.7. The fourth-order valence-electron chi connectivity index (χ4n) is 5.70. The molecule has 0 N–H and O–H groups in total. The van der Waals surface area contributed by atoms with Crippen molar-refractivity contribution in [2.24, 2.45) is 17.8 Å². The Morgan fingerprint density at radius 3 is 2.00 bits per heavy atom. The average molecular weight is 367 g/mol. The second-order valence-corrected chi connectivity index (χ2v) is 9.53. The van der Waals surface area contributed by atoms with Crippen LogP contribution in [0, 0.1) is 17.8 Å². The maximum absolute atomic E-state index is 4.19. The molecule has 2 saturated carbocycles. The zero-order valence-corrected chi connectivity index (χ0v) is 18.0. The van der Waals surface area contributed by atoms with Crippen LogP contribution in [0.25, 0.3) is 0 Å². The molecule has 27 heavy (non-hydrogen) atoms. The predicted octanol–water partition coefficient (Wildman–Crippen LogP) is 8.47. The Kier molecular flexibility index (Phi) is 8.04. The quantitative estimate of drug-likeness (QED) is 0.405. The maximum Gasteiger partial charge on any atom is -0.0162 e. The van der Waals surface area contributed by atoms with Gasteiger partial charge in [-0.1, -0.05) is 69.5 Å². The molecular formula is C27H42. The fraction of sp³-hybridized carbons (Fsp3) is 0.704. The van der Waals surface area contributed by atoms with Gasteiger partial charge in [-0.3, -0.25) is 0 Å². The third kappa shape index (κ3) is 5.97. The van der Waals surface area contributed by atoms with Gasteiger partial charge in [0.2, 0.25) is 0 Å². The van der Waals surface area contributed by atoms with Crippen molar-refractivity contribution in [1.82, 2.24) is 0 Å². The van der Waals surface area contributed by atoms with E-state index in [1.807, 2.05) is 0 Å². The zero-order valence-electron chi connectivity index (χ0n) is 18.0. The predicted molar refractivity (Wildman–Crippen MR) is 119 cm³/mol. The summed E-state index contributed by atoms with van der Waals surface area (Å²) in [7, 11) is 0. The van der Waals surface area contributed by atoms with E-state index in [1.54, 1.807) is 5.56 Å². The van der Waals surface area contributed by atoms with Crippen LogP contribution in [0.2, 0.25) is 0 Å². The highest BCUT2D eigenvalue weighted by Crippen LogP contribution is 2.44. The fourth-order valence-corrected chi connectivity index (χ4v) is 5.70. The van der Waals surface area contributed by atoms with Gasteiger partial charge in [0, 0.05) is 0 Å². The van der Waals surface area contributed by atoms with E-state index in [0.29, 0.717) is 0 Å². The van der Waals surface area contributed by atoms with Crippen LogP contribution in [0.4, 0.5) is 0 Å². The van der Waals surface area contributed by atoms with E-state index in [1.165, 1.54) is 94.6 Å². The summed E-state index contributed by atoms with van der Waals surface area (Å²) >= 11 is 0. The zero-order chi connectivity index (χ0) is 19.1. The standard InChI is InChI=1S/C27H42/c1-4-6-22-9-13-24(14-10-22)26-17-19-27(20-18-26)25-15-11-23(12-16-25)8-7-21(3)5-2/h9-10,13-14,23,25-27H,3-8,11-12,15-20H2,1-2H3. The maximum atomic E-state index is 4.19. The first-order valence-corrected chi connectivity index (χ1v) is 11.9. The Morgan fingerprint density at radius 2 is 1.44 bits per heavy atom. The second kappa shape index (κ2) is 10.5. The van der Waals surface area contributed by atoms with Gasteiger partial charge in [0.15, 0.2) is 0 Å². The number of rotatable bonds is 8. The van der Waals surface area contributed by atoms with Crippen LogP contribution in [0.3, 0.4) is 0 Å². The Labute approximate surface area is 168 Å². The van der Waals surface area contributed by atoms with Gasteiger partial charge in [0.25, 0.3) is 0 Å². The molecule has 0 aromatic heterocycles. The molecule has 0 atom stereocenters. The molecule has 150 valence electrons. The molecule has 2 fully saturated rings. The largest absolute Gasteiger partial charge is 0.0999 e. The molecule has 0 radical (unpaired) electrons. The van der Waals surface area contributed by atoms with Gasteiger partial charge in [0.05, 0.1) is 0 Å². The van der Waals surface area contributed by atoms with Gasteiger partial charge in [-0.2, -0.15) is 0 Å². The monoisotopic (exact) mass is 366 g/mol. The lowest BCUT2D eigenvalue weighted by molar-refractivity contribution is 0.157. The molecule has 0 heteroatoms. The van der Waals surface area contributed by atoms with Gasteiger partial charge in [0.1, 0.15) is 0 Å². The molecule has 0 aliphatic heterocycles. The van der Waals surface area contributed by atoms with Crippen molar-refractivity contribution in [3.63, 3.8) is 0 Å². The molecule has 0 nitrogen and oxygen atoms in total. The van der Waals surface area contributed by atoms with E-state index >= 15 is 0 Å². The van der Waals surface area contributed by atoms with Crippen LogP contribution >= 0.6 is 0 Å². The smallest absolute Gasteiger partial charge is 0.0162 e. The summed E-state index contributed by atoms with van der Waals surface area (Å²) in [4.78, 5) is 0. The lowest BCUT2D eigenvalue weighted by Crippen LogP contribution is -2.25. The Hall–Kier alpha value is -1.04. The van der Waals surface area contributed by atoms with Crippen molar-refractivity contribution < 1.29 is 0 Å². The average Bonchev–Trinajstić information content (AvgIpc) is 2.73. The molecule has 2 aliphatic carbocycles. The Bertz CT molecular complexity index is 550. The minimum absolute atomic E-state index is 0.827. The molecule has 0 bridgehead atoms. The minimum Gasteiger partial charge on any atom is -0.0999 e. The van der Waals surface area contributed by atoms with Crippen LogP contribution in [-0.4, -0.2) is 0 Å². The number of hydrogen-bond acceptors (Lipinski definition) is 0. The second-order valence-electron chi connectivity index (χ2n) is 9.53. The topological polar surface area (TPSA) is 0 Å². The molecule has 0 unspecified atom stereocenters. The summed E-state index contributed by atoms with van der Waals surface area (Å²) < 4.78 is 0. The summed E-state index contributed by atoms with van der Waals surface area (Å²) in [6.45, 7) is 8.71. The summed E-state index contributed by atoms with van der Waals surface area (Å²) in [6, 6.07) is 9.59. The Balaban J connectivity index is 1.40. The van der Waals surface area contributed by atoms with Crippen LogP contribution in [0.1, 0.15) is 108 Å². The van der Waals surface area contributed by atoms with Gasteiger partial charge >= 0.3 is 0 Å². The number of allylic oxidation sites excluding steroid dienone is 1. The van der Waals surface area contributed by atoms with Gasteiger partial charge < -0.3 is 0 Å². The van der Waals surface area contributed by atoms with Crippen molar-refractivity contribution in [2.45, 2.75) is 103 Å². The third-order valence-electron chi connectivity index (χ3n) is 7.73. The molecule has 2 aliphatic rings. The lowest BCUT2D eigenvalue weighted by atomic mass is 9.68. The first-order chi connectivity index (χ1) is 13.2. The molecule has 1 aromatic rings. The van der Waals surface area contributed by atoms with E-state index in [2.05, 4.69) is 44.7 Å². The number of hydrogen-bond donors (Lipinski definition) is 0. The van der Waals surface area contributed by atoms with E-state index in [0.717, 1.165) is 23.7 Å². The van der Waals surface area contributed by atoms with Crippen molar-refractivity contribution in [2.75, 3.05) is 0 Å². The number of aryl methyl sites for hydroxylation is 1. The van der Waals surface area contributed by atoms with Crippen LogP contribution in [0.15, 0.2) is 36.4 Å². The summed E-state index contributed by atoms with van der Waals surface area (Å²) in [5.41, 5.74) is 4.57. The number of benzene rings is 1. The molecule has 0 heterocycles. The summed E-state index contributed by atoms with van der Waals surface area (Å²) in [6.07, 6.45) is 18.1. The Morgan fingerprint density at radius 1 is 0.852 bits per heavy atom. The van der Waals surface area contributed by atoms with Gasteiger partial charge in [-0.15, -0.1) is 0 Å². The lowest BCUT2D eigenvalue weighted by Gasteiger charge is -2.38. The van der Waals surface area contributed by atoms with E-state index in [4.69, 9.17) is 0 Å². The molecule has 1 aromatic carbocycles. The molecule has 0 spiro atoms. The van der Waals surface area contributed by atoms with Crippen molar-refractivity contribution in [3.8, 4) is 0 Å². The summed E-state index contributed by atoms with van der Waals surface area (Å²) in [5.74, 6) is 3.87. The van der Waals surface area contributed by atoms with E-state index in [-0.39, 0.29) is 0 Å². The SMILES string of the molecule is C=C(CC)CCC1CCC(C2CCC(c3ccc(CCC)cc3)CC2)CC1. The molecule has 0 amide bonds. The van der Waals surface area contributed by atoms with Crippen LogP contribution in [-0.2, 0) is 6.42 Å².